The van der Waals surface area contributed by atoms with Crippen molar-refractivity contribution in [3.05, 3.63) is 34.3 Å². The molecule has 1 aromatic rings. The van der Waals surface area contributed by atoms with Gasteiger partial charge < -0.3 is 10.0 Å². The number of hydrogen-bond acceptors (Lipinski definition) is 2. The van der Waals surface area contributed by atoms with Crippen LogP contribution in [0.3, 0.4) is 0 Å². The lowest BCUT2D eigenvalue weighted by molar-refractivity contribution is -0.0886. The third kappa shape index (κ3) is 2.63. The van der Waals surface area contributed by atoms with E-state index in [9.17, 15) is 9.90 Å². The molecule has 2 fully saturated rings. The van der Waals surface area contributed by atoms with Crippen molar-refractivity contribution in [2.24, 2.45) is 5.92 Å². The van der Waals surface area contributed by atoms with E-state index in [4.69, 9.17) is 0 Å². The number of carbonyl (C=O) groups excluding carboxylic acids is 1. The summed E-state index contributed by atoms with van der Waals surface area (Å²) in [5, 5.41) is 10.7. The molecule has 108 valence electrons. The van der Waals surface area contributed by atoms with Crippen molar-refractivity contribution >= 4 is 21.8 Å². The molecule has 2 atom stereocenters. The number of benzene rings is 1. The van der Waals surface area contributed by atoms with Gasteiger partial charge in [-0.15, -0.1) is 0 Å². The summed E-state index contributed by atoms with van der Waals surface area (Å²) in [5.74, 6) is 0.342. The van der Waals surface area contributed by atoms with Crippen molar-refractivity contribution in [3.8, 4) is 0 Å². The normalized spacial score (nSPS) is 29.9. The van der Waals surface area contributed by atoms with Crippen LogP contribution in [0.1, 0.15) is 42.5 Å². The highest BCUT2D eigenvalue weighted by atomic mass is 79.9. The standard InChI is InChI=1S/C16H20BrNO2/c17-14-6-4-12(5-7-14)15(19)18-10-9-16(20)8-2-1-3-13(16)11-18/h4-7,13,20H,1-3,8-11H2/t13-,16+/m1/s1. The minimum Gasteiger partial charge on any atom is -0.389 e. The SMILES string of the molecule is O=C(c1ccc(Br)cc1)N1CC[C@@]2(O)CCCC[C@@H]2C1. The van der Waals surface area contributed by atoms with Crippen LogP contribution < -0.4 is 0 Å². The lowest BCUT2D eigenvalue weighted by Crippen LogP contribution is -2.54. The number of rotatable bonds is 1. The maximum atomic E-state index is 12.5. The third-order valence-corrected chi connectivity index (χ3v) is 5.33. The van der Waals surface area contributed by atoms with Gasteiger partial charge in [0, 0.05) is 29.0 Å². The van der Waals surface area contributed by atoms with Crippen LogP contribution >= 0.6 is 15.9 Å². The fraction of sp³-hybridized carbons (Fsp3) is 0.562. The largest absolute Gasteiger partial charge is 0.389 e. The zero-order chi connectivity index (χ0) is 14.2. The van der Waals surface area contributed by atoms with Crippen LogP contribution in [0.15, 0.2) is 28.7 Å². The average Bonchev–Trinajstić information content (AvgIpc) is 2.46. The Labute approximate surface area is 128 Å². The van der Waals surface area contributed by atoms with Gasteiger partial charge in [-0.25, -0.2) is 0 Å². The Morgan fingerprint density at radius 3 is 2.75 bits per heavy atom. The minimum atomic E-state index is -0.519. The predicted molar refractivity (Wildman–Crippen MR) is 81.6 cm³/mol. The van der Waals surface area contributed by atoms with E-state index in [1.807, 2.05) is 29.2 Å². The lowest BCUT2D eigenvalue weighted by Gasteiger charge is -2.47. The molecule has 1 heterocycles. The Kier molecular flexibility index (Phi) is 3.87. The van der Waals surface area contributed by atoms with Crippen molar-refractivity contribution in [3.63, 3.8) is 0 Å². The Morgan fingerprint density at radius 2 is 2.00 bits per heavy atom. The van der Waals surface area contributed by atoms with E-state index in [-0.39, 0.29) is 11.8 Å². The highest BCUT2D eigenvalue weighted by Gasteiger charge is 2.43. The van der Waals surface area contributed by atoms with Crippen molar-refractivity contribution in [2.45, 2.75) is 37.7 Å². The highest BCUT2D eigenvalue weighted by molar-refractivity contribution is 9.10. The van der Waals surface area contributed by atoms with Crippen LogP contribution in [-0.4, -0.2) is 34.6 Å². The van der Waals surface area contributed by atoms with Crippen molar-refractivity contribution in [2.75, 3.05) is 13.1 Å². The van der Waals surface area contributed by atoms with Gasteiger partial charge in [-0.05, 0) is 43.5 Å². The van der Waals surface area contributed by atoms with Gasteiger partial charge in [0.25, 0.3) is 5.91 Å². The smallest absolute Gasteiger partial charge is 0.253 e. The lowest BCUT2D eigenvalue weighted by atomic mass is 9.71. The summed E-state index contributed by atoms with van der Waals surface area (Å²) < 4.78 is 0.981. The fourth-order valence-electron chi connectivity index (χ4n) is 3.53. The van der Waals surface area contributed by atoms with Gasteiger partial charge in [-0.1, -0.05) is 28.8 Å². The maximum Gasteiger partial charge on any atom is 0.253 e. The molecule has 1 saturated heterocycles. The number of halogens is 1. The van der Waals surface area contributed by atoms with Crippen molar-refractivity contribution < 1.29 is 9.90 Å². The second-order valence-corrected chi connectivity index (χ2v) is 6.97. The molecule has 1 aliphatic heterocycles. The fourth-order valence-corrected chi connectivity index (χ4v) is 3.79. The molecule has 0 spiro atoms. The molecule has 2 aliphatic rings. The molecule has 1 amide bonds. The van der Waals surface area contributed by atoms with Gasteiger partial charge in [-0.2, -0.15) is 0 Å². The Morgan fingerprint density at radius 1 is 1.25 bits per heavy atom. The molecular formula is C16H20BrNO2. The van der Waals surface area contributed by atoms with Gasteiger partial charge in [-0.3, -0.25) is 4.79 Å². The number of nitrogens with zero attached hydrogens (tertiary/aromatic N) is 1. The van der Waals surface area contributed by atoms with Gasteiger partial charge in [0.15, 0.2) is 0 Å². The zero-order valence-corrected chi connectivity index (χ0v) is 13.1. The van der Waals surface area contributed by atoms with E-state index in [0.29, 0.717) is 13.1 Å². The molecule has 0 bridgehead atoms. The second kappa shape index (κ2) is 5.49. The Hall–Kier alpha value is -0.870. The van der Waals surface area contributed by atoms with E-state index in [0.717, 1.165) is 35.7 Å². The third-order valence-electron chi connectivity index (χ3n) is 4.81. The van der Waals surface area contributed by atoms with E-state index in [2.05, 4.69) is 15.9 Å². The number of piperidine rings is 1. The molecule has 3 nitrogen and oxygen atoms in total. The van der Waals surface area contributed by atoms with E-state index < -0.39 is 5.60 Å². The number of likely N-dealkylation sites (tertiary alicyclic amines) is 1. The van der Waals surface area contributed by atoms with E-state index in [1.165, 1.54) is 6.42 Å². The second-order valence-electron chi connectivity index (χ2n) is 6.05. The Balaban J connectivity index is 1.72. The first-order chi connectivity index (χ1) is 9.58. The highest BCUT2D eigenvalue weighted by Crippen LogP contribution is 2.40. The zero-order valence-electron chi connectivity index (χ0n) is 11.5. The number of hydrogen-bond donors (Lipinski definition) is 1. The first-order valence-electron chi connectivity index (χ1n) is 7.36. The van der Waals surface area contributed by atoms with Crippen LogP contribution in [0.2, 0.25) is 0 Å². The summed E-state index contributed by atoms with van der Waals surface area (Å²) in [6, 6.07) is 7.50. The summed E-state index contributed by atoms with van der Waals surface area (Å²) in [7, 11) is 0. The van der Waals surface area contributed by atoms with Gasteiger partial charge >= 0.3 is 0 Å². The summed E-state index contributed by atoms with van der Waals surface area (Å²) in [4.78, 5) is 14.4. The van der Waals surface area contributed by atoms with Crippen LogP contribution in [-0.2, 0) is 0 Å². The predicted octanol–water partition coefficient (Wildman–Crippen LogP) is 3.22. The summed E-state index contributed by atoms with van der Waals surface area (Å²) in [6.07, 6.45) is 4.96. The van der Waals surface area contributed by atoms with Crippen molar-refractivity contribution in [1.82, 2.24) is 4.90 Å². The number of amides is 1. The first-order valence-corrected chi connectivity index (χ1v) is 8.15. The van der Waals surface area contributed by atoms with E-state index >= 15 is 0 Å². The van der Waals surface area contributed by atoms with Crippen LogP contribution in [0.5, 0.6) is 0 Å². The molecule has 0 unspecified atom stereocenters. The first kappa shape index (κ1) is 14.1. The summed E-state index contributed by atoms with van der Waals surface area (Å²) >= 11 is 3.39. The quantitative estimate of drug-likeness (QED) is 0.854. The maximum absolute atomic E-state index is 12.5. The molecule has 4 heteroatoms. The molecule has 0 radical (unpaired) electrons. The monoisotopic (exact) mass is 337 g/mol. The molecule has 20 heavy (non-hydrogen) atoms. The summed E-state index contributed by atoms with van der Waals surface area (Å²) in [5.41, 5.74) is 0.212. The van der Waals surface area contributed by atoms with Crippen LogP contribution in [0, 0.1) is 5.92 Å². The number of fused-ring (bicyclic) bond motifs is 1. The molecular weight excluding hydrogens is 318 g/mol. The Bertz CT molecular complexity index is 502. The van der Waals surface area contributed by atoms with Crippen LogP contribution in [0.25, 0.3) is 0 Å². The van der Waals surface area contributed by atoms with Crippen LogP contribution in [0.4, 0.5) is 0 Å². The van der Waals surface area contributed by atoms with Gasteiger partial charge in [0.1, 0.15) is 0 Å². The summed E-state index contributed by atoms with van der Waals surface area (Å²) in [6.45, 7) is 1.37. The van der Waals surface area contributed by atoms with Gasteiger partial charge in [0.2, 0.25) is 0 Å². The van der Waals surface area contributed by atoms with Gasteiger partial charge in [0.05, 0.1) is 5.60 Å². The van der Waals surface area contributed by atoms with Crippen molar-refractivity contribution in [1.29, 1.82) is 0 Å². The molecule has 3 rings (SSSR count). The minimum absolute atomic E-state index is 0.0881. The average molecular weight is 338 g/mol. The number of aliphatic hydroxyl groups is 1. The molecule has 1 aromatic carbocycles. The molecule has 1 N–H and O–H groups in total. The van der Waals surface area contributed by atoms with E-state index in [1.54, 1.807) is 0 Å². The topological polar surface area (TPSA) is 40.5 Å². The molecule has 1 saturated carbocycles. The number of carbonyl (C=O) groups is 1. The molecule has 0 aromatic heterocycles. The molecule has 1 aliphatic carbocycles.